The summed E-state index contributed by atoms with van der Waals surface area (Å²) < 4.78 is 0. The predicted octanol–water partition coefficient (Wildman–Crippen LogP) is 4.05. The predicted molar refractivity (Wildman–Crippen MR) is 88.1 cm³/mol. The van der Waals surface area contributed by atoms with Crippen molar-refractivity contribution in [3.05, 3.63) is 0 Å². The van der Waals surface area contributed by atoms with E-state index in [1.165, 1.54) is 51.6 Å². The van der Waals surface area contributed by atoms with Gasteiger partial charge in [-0.1, -0.05) is 33.6 Å². The Labute approximate surface area is 126 Å². The van der Waals surface area contributed by atoms with Crippen molar-refractivity contribution in [2.45, 2.75) is 91.3 Å². The first-order chi connectivity index (χ1) is 9.39. The summed E-state index contributed by atoms with van der Waals surface area (Å²) in [6, 6.07) is 2.21. The summed E-state index contributed by atoms with van der Waals surface area (Å²) in [5, 5.41) is 3.69. The SMILES string of the molecule is CC(C)N(CC1CCCN1)C1CCCCC1C(C)(C)C. The molecule has 0 aromatic carbocycles. The van der Waals surface area contributed by atoms with Crippen LogP contribution in [-0.2, 0) is 0 Å². The molecule has 1 saturated carbocycles. The molecule has 0 amide bonds. The molecular weight excluding hydrogens is 244 g/mol. The summed E-state index contributed by atoms with van der Waals surface area (Å²) in [7, 11) is 0. The van der Waals surface area contributed by atoms with Crippen molar-refractivity contribution in [2.75, 3.05) is 13.1 Å². The number of nitrogens with zero attached hydrogens (tertiary/aromatic N) is 1. The van der Waals surface area contributed by atoms with E-state index < -0.39 is 0 Å². The summed E-state index contributed by atoms with van der Waals surface area (Å²) in [5.41, 5.74) is 0.446. The van der Waals surface area contributed by atoms with Crippen LogP contribution in [0.25, 0.3) is 0 Å². The second-order valence-corrected chi connectivity index (χ2v) is 8.41. The molecule has 20 heavy (non-hydrogen) atoms. The van der Waals surface area contributed by atoms with Crippen molar-refractivity contribution < 1.29 is 0 Å². The summed E-state index contributed by atoms with van der Waals surface area (Å²) in [5.74, 6) is 0.861. The lowest BCUT2D eigenvalue weighted by Crippen LogP contribution is -2.53. The molecule has 1 N–H and O–H groups in total. The van der Waals surface area contributed by atoms with E-state index in [2.05, 4.69) is 44.8 Å². The Hall–Kier alpha value is -0.0800. The van der Waals surface area contributed by atoms with Crippen molar-refractivity contribution in [2.24, 2.45) is 11.3 Å². The standard InChI is InChI=1S/C18H36N2/c1-14(2)20(13-15-9-8-12-19-15)17-11-7-6-10-16(17)18(3,4)5/h14-17,19H,6-13H2,1-5H3. The van der Waals surface area contributed by atoms with Gasteiger partial charge in [-0.25, -0.2) is 0 Å². The highest BCUT2D eigenvalue weighted by Crippen LogP contribution is 2.41. The third kappa shape index (κ3) is 3.98. The van der Waals surface area contributed by atoms with E-state index in [1.54, 1.807) is 0 Å². The number of hydrogen-bond donors (Lipinski definition) is 1. The van der Waals surface area contributed by atoms with Gasteiger partial charge in [0.2, 0.25) is 0 Å². The van der Waals surface area contributed by atoms with E-state index in [4.69, 9.17) is 0 Å². The molecule has 1 heterocycles. The monoisotopic (exact) mass is 280 g/mol. The second kappa shape index (κ2) is 6.79. The molecule has 0 bridgehead atoms. The molecule has 0 aromatic heterocycles. The summed E-state index contributed by atoms with van der Waals surface area (Å²) >= 11 is 0. The van der Waals surface area contributed by atoms with Crippen molar-refractivity contribution in [3.8, 4) is 0 Å². The van der Waals surface area contributed by atoms with Gasteiger partial charge in [-0.2, -0.15) is 0 Å². The quantitative estimate of drug-likeness (QED) is 0.835. The lowest BCUT2D eigenvalue weighted by molar-refractivity contribution is 0.0186. The Morgan fingerprint density at radius 2 is 1.75 bits per heavy atom. The Morgan fingerprint density at radius 3 is 2.30 bits per heavy atom. The summed E-state index contributed by atoms with van der Waals surface area (Å²) in [6.07, 6.45) is 8.44. The van der Waals surface area contributed by atoms with Crippen LogP contribution in [0.3, 0.4) is 0 Å². The fraction of sp³-hybridized carbons (Fsp3) is 1.00. The van der Waals surface area contributed by atoms with Crippen LogP contribution >= 0.6 is 0 Å². The Kier molecular flexibility index (Phi) is 5.53. The van der Waals surface area contributed by atoms with Gasteiger partial charge < -0.3 is 5.32 Å². The smallest absolute Gasteiger partial charge is 0.0195 e. The summed E-state index contributed by atoms with van der Waals surface area (Å²) in [4.78, 5) is 2.83. The Bertz CT molecular complexity index is 286. The lowest BCUT2D eigenvalue weighted by Gasteiger charge is -2.48. The molecule has 3 atom stereocenters. The van der Waals surface area contributed by atoms with Gasteiger partial charge in [0.15, 0.2) is 0 Å². The molecule has 0 radical (unpaired) electrons. The molecule has 2 heteroatoms. The Morgan fingerprint density at radius 1 is 1.05 bits per heavy atom. The van der Waals surface area contributed by atoms with Crippen molar-refractivity contribution in [1.29, 1.82) is 0 Å². The first-order valence-electron chi connectivity index (χ1n) is 8.88. The van der Waals surface area contributed by atoms with E-state index in [9.17, 15) is 0 Å². The maximum atomic E-state index is 3.69. The first-order valence-corrected chi connectivity index (χ1v) is 8.88. The third-order valence-electron chi connectivity index (χ3n) is 5.52. The van der Waals surface area contributed by atoms with Gasteiger partial charge in [-0.15, -0.1) is 0 Å². The van der Waals surface area contributed by atoms with E-state index >= 15 is 0 Å². The van der Waals surface area contributed by atoms with E-state index in [-0.39, 0.29) is 0 Å². The van der Waals surface area contributed by atoms with Crippen molar-refractivity contribution >= 4 is 0 Å². The molecule has 2 fully saturated rings. The fourth-order valence-electron chi connectivity index (χ4n) is 4.41. The van der Waals surface area contributed by atoms with E-state index in [0.29, 0.717) is 11.5 Å². The molecule has 1 aliphatic carbocycles. The van der Waals surface area contributed by atoms with Gasteiger partial charge >= 0.3 is 0 Å². The minimum absolute atomic E-state index is 0.446. The van der Waals surface area contributed by atoms with E-state index in [1.807, 2.05) is 0 Å². The largest absolute Gasteiger partial charge is 0.313 e. The zero-order valence-electron chi connectivity index (χ0n) is 14.4. The van der Waals surface area contributed by atoms with Crippen LogP contribution in [-0.4, -0.2) is 36.1 Å². The molecule has 2 aliphatic rings. The minimum Gasteiger partial charge on any atom is -0.313 e. The molecule has 0 spiro atoms. The average molecular weight is 280 g/mol. The van der Waals surface area contributed by atoms with Crippen molar-refractivity contribution in [3.63, 3.8) is 0 Å². The molecule has 118 valence electrons. The highest BCUT2D eigenvalue weighted by atomic mass is 15.2. The van der Waals surface area contributed by atoms with Crippen LogP contribution in [0.1, 0.15) is 73.1 Å². The highest BCUT2D eigenvalue weighted by Gasteiger charge is 2.38. The maximum Gasteiger partial charge on any atom is 0.0195 e. The molecule has 1 saturated heterocycles. The van der Waals surface area contributed by atoms with Crippen LogP contribution in [0.2, 0.25) is 0 Å². The van der Waals surface area contributed by atoms with Crippen LogP contribution < -0.4 is 5.32 Å². The van der Waals surface area contributed by atoms with Gasteiger partial charge in [-0.3, -0.25) is 4.90 Å². The van der Waals surface area contributed by atoms with Crippen molar-refractivity contribution in [1.82, 2.24) is 10.2 Å². The fourth-order valence-corrected chi connectivity index (χ4v) is 4.41. The second-order valence-electron chi connectivity index (χ2n) is 8.41. The normalized spacial score (nSPS) is 32.2. The maximum absolute atomic E-state index is 3.69. The molecule has 2 nitrogen and oxygen atoms in total. The van der Waals surface area contributed by atoms with Gasteiger partial charge in [0.05, 0.1) is 0 Å². The molecular formula is C18H36N2. The van der Waals surface area contributed by atoms with Gasteiger partial charge in [0.1, 0.15) is 0 Å². The van der Waals surface area contributed by atoms with Gasteiger partial charge in [0, 0.05) is 24.7 Å². The van der Waals surface area contributed by atoms with Crippen LogP contribution in [0.5, 0.6) is 0 Å². The highest BCUT2D eigenvalue weighted by molar-refractivity contribution is 4.92. The zero-order valence-corrected chi connectivity index (χ0v) is 14.4. The van der Waals surface area contributed by atoms with Gasteiger partial charge in [-0.05, 0) is 57.4 Å². The molecule has 3 unspecified atom stereocenters. The Balaban J connectivity index is 2.08. The molecule has 1 aliphatic heterocycles. The summed E-state index contributed by atoms with van der Waals surface area (Å²) in [6.45, 7) is 14.6. The topological polar surface area (TPSA) is 15.3 Å². The lowest BCUT2D eigenvalue weighted by atomic mass is 9.69. The molecule has 0 aromatic rings. The van der Waals surface area contributed by atoms with Crippen LogP contribution in [0, 0.1) is 11.3 Å². The van der Waals surface area contributed by atoms with Gasteiger partial charge in [0.25, 0.3) is 0 Å². The average Bonchev–Trinajstić information content (AvgIpc) is 2.87. The number of nitrogens with one attached hydrogen (secondary N) is 1. The number of rotatable bonds is 4. The first kappa shape index (κ1) is 16.3. The minimum atomic E-state index is 0.446. The zero-order chi connectivity index (χ0) is 14.8. The third-order valence-corrected chi connectivity index (χ3v) is 5.52. The van der Waals surface area contributed by atoms with Crippen LogP contribution in [0.4, 0.5) is 0 Å². The van der Waals surface area contributed by atoms with E-state index in [0.717, 1.165) is 18.0 Å². The molecule has 2 rings (SSSR count). The van der Waals surface area contributed by atoms with Crippen LogP contribution in [0.15, 0.2) is 0 Å². The number of hydrogen-bond acceptors (Lipinski definition) is 2.